The lowest BCUT2D eigenvalue weighted by Gasteiger charge is -2.09. The fraction of sp³-hybridized carbons (Fsp3) is 0.483. The summed E-state index contributed by atoms with van der Waals surface area (Å²) in [7, 11) is 0. The maximum Gasteiger partial charge on any atom is 0.311 e. The van der Waals surface area contributed by atoms with Crippen molar-refractivity contribution in [3.63, 3.8) is 0 Å². The van der Waals surface area contributed by atoms with Crippen LogP contribution in [0.3, 0.4) is 0 Å². The highest BCUT2D eigenvalue weighted by atomic mass is 19.1. The first kappa shape index (κ1) is 35.1. The molecule has 0 saturated carbocycles. The molecule has 0 spiro atoms. The number of aliphatic hydroxyl groups excluding tert-OH is 2. The number of hydrogen-bond donors (Lipinski definition) is 4. The van der Waals surface area contributed by atoms with Gasteiger partial charge < -0.3 is 20.8 Å². The van der Waals surface area contributed by atoms with Gasteiger partial charge in [-0.1, -0.05) is 68.4 Å². The van der Waals surface area contributed by atoms with Crippen LogP contribution in [0.25, 0.3) is 0 Å². The topological polar surface area (TPSA) is 168 Å². The molecule has 41 heavy (non-hydrogen) atoms. The smallest absolute Gasteiger partial charge is 0.311 e. The van der Waals surface area contributed by atoms with Gasteiger partial charge in [-0.05, 0) is 38.5 Å². The summed E-state index contributed by atoms with van der Waals surface area (Å²) >= 11 is 0. The number of amides is 1. The minimum Gasteiger partial charge on any atom is -0.389 e. The third-order valence-electron chi connectivity index (χ3n) is 5.87. The molecule has 226 valence electrons. The van der Waals surface area contributed by atoms with Gasteiger partial charge in [0.15, 0.2) is 0 Å². The van der Waals surface area contributed by atoms with E-state index in [-0.39, 0.29) is 31.1 Å². The largest absolute Gasteiger partial charge is 0.389 e. The molecule has 0 fully saturated rings. The number of nitrogens with one attached hydrogen (secondary N) is 2. The number of carbonyl (C=O) groups is 1. The van der Waals surface area contributed by atoms with Crippen LogP contribution in [-0.2, 0) is 4.79 Å². The van der Waals surface area contributed by atoms with Gasteiger partial charge in [0.05, 0.1) is 28.1 Å². The zero-order valence-electron chi connectivity index (χ0n) is 23.4. The van der Waals surface area contributed by atoms with Crippen molar-refractivity contribution in [3.05, 3.63) is 86.8 Å². The second-order valence-electron chi connectivity index (χ2n) is 9.35. The van der Waals surface area contributed by atoms with Crippen molar-refractivity contribution in [1.82, 2.24) is 5.32 Å². The van der Waals surface area contributed by atoms with E-state index in [1.165, 1.54) is 19.3 Å². The van der Waals surface area contributed by atoms with E-state index in [0.29, 0.717) is 37.8 Å². The first-order valence-corrected chi connectivity index (χ1v) is 13.8. The van der Waals surface area contributed by atoms with E-state index in [0.717, 1.165) is 6.42 Å². The molecule has 0 radical (unpaired) electrons. The summed E-state index contributed by atoms with van der Waals surface area (Å²) < 4.78 is 13.8. The Morgan fingerprint density at radius 2 is 1.61 bits per heavy atom. The molecule has 1 aromatic carbocycles. The molecule has 0 bridgehead atoms. The Morgan fingerprint density at radius 3 is 2.27 bits per heavy atom. The van der Waals surface area contributed by atoms with Crippen LogP contribution < -0.4 is 10.6 Å². The number of halogens is 1. The summed E-state index contributed by atoms with van der Waals surface area (Å²) in [6.45, 7) is 2.59. The van der Waals surface area contributed by atoms with E-state index >= 15 is 0 Å². The number of benzene rings is 1. The van der Waals surface area contributed by atoms with E-state index in [9.17, 15) is 39.6 Å². The molecule has 4 N–H and O–H groups in total. The number of nitrogens with zero attached hydrogens (tertiary/aromatic N) is 2. The molecule has 0 aliphatic carbocycles. The number of aliphatic hydroxyl groups is 2. The fourth-order valence-corrected chi connectivity index (χ4v) is 3.64. The Bertz CT molecular complexity index is 1090. The van der Waals surface area contributed by atoms with Crippen LogP contribution in [0.1, 0.15) is 64.7 Å². The highest BCUT2D eigenvalue weighted by Gasteiger charge is 2.24. The molecule has 0 heterocycles. The molecule has 11 nitrogen and oxygen atoms in total. The quantitative estimate of drug-likeness (QED) is 0.0479. The normalized spacial score (nSPS) is 13.4. The van der Waals surface area contributed by atoms with Gasteiger partial charge in [0.25, 0.3) is 5.69 Å². The summed E-state index contributed by atoms with van der Waals surface area (Å²) in [5.74, 6) is -1.40. The van der Waals surface area contributed by atoms with Crippen LogP contribution in [0, 0.1) is 26.0 Å². The standard InChI is InChI=1S/C29H41FN4O7/c1-2-3-4-5-6-9-14-23(35)15-10-7-8-11-16-24(36)17-12-18-29(37)32-20-13-19-31-26-21-25(30)27(33(38)39)22-28(26)34(40)41/h6-11,15-16,21-24,31,35-36H,2-5,12-14,17-20H2,1H3,(H,32,37)/b8-7?,9-6-,15-10+,16-11?/t23-,24-/m1/s1. The van der Waals surface area contributed by atoms with Gasteiger partial charge >= 0.3 is 5.69 Å². The minimum absolute atomic E-state index is 0.166. The van der Waals surface area contributed by atoms with Crippen molar-refractivity contribution in [2.24, 2.45) is 0 Å². The van der Waals surface area contributed by atoms with Crippen LogP contribution >= 0.6 is 0 Å². The summed E-state index contributed by atoms with van der Waals surface area (Å²) in [4.78, 5) is 32.0. The Kier molecular flexibility index (Phi) is 17.9. The molecule has 12 heteroatoms. The van der Waals surface area contributed by atoms with Gasteiger partial charge in [-0.2, -0.15) is 4.39 Å². The molecule has 1 amide bonds. The number of allylic oxidation sites excluding steroid dienone is 5. The van der Waals surface area contributed by atoms with Crippen molar-refractivity contribution in [3.8, 4) is 0 Å². The number of rotatable bonds is 21. The first-order valence-electron chi connectivity index (χ1n) is 13.8. The van der Waals surface area contributed by atoms with Crippen molar-refractivity contribution in [1.29, 1.82) is 0 Å². The summed E-state index contributed by atoms with van der Waals surface area (Å²) in [5.41, 5.74) is -1.78. The Balaban J connectivity index is 2.22. The Labute approximate surface area is 239 Å². The van der Waals surface area contributed by atoms with Gasteiger partial charge in [0.1, 0.15) is 5.69 Å². The van der Waals surface area contributed by atoms with E-state index in [2.05, 4.69) is 23.6 Å². The average molecular weight is 577 g/mol. The van der Waals surface area contributed by atoms with Crippen LogP contribution in [0.5, 0.6) is 0 Å². The predicted molar refractivity (Wildman–Crippen MR) is 157 cm³/mol. The summed E-state index contributed by atoms with van der Waals surface area (Å²) in [6.07, 6.45) is 19.7. The number of hydrogen-bond acceptors (Lipinski definition) is 8. The lowest BCUT2D eigenvalue weighted by Crippen LogP contribution is -2.25. The first-order chi connectivity index (χ1) is 19.6. The zero-order valence-corrected chi connectivity index (χ0v) is 23.4. The highest BCUT2D eigenvalue weighted by Crippen LogP contribution is 2.31. The molecular weight excluding hydrogens is 535 g/mol. The number of carbonyl (C=O) groups excluding carboxylic acids is 1. The van der Waals surface area contributed by atoms with Crippen LogP contribution in [0.15, 0.2) is 60.7 Å². The van der Waals surface area contributed by atoms with Crippen LogP contribution in [0.4, 0.5) is 21.5 Å². The number of nitro benzene ring substituents is 2. The summed E-state index contributed by atoms with van der Waals surface area (Å²) in [5, 5.41) is 47.2. The molecule has 0 saturated heterocycles. The second-order valence-corrected chi connectivity index (χ2v) is 9.35. The maximum atomic E-state index is 13.8. The van der Waals surface area contributed by atoms with Crippen LogP contribution in [-0.4, -0.2) is 51.3 Å². The number of nitro groups is 2. The van der Waals surface area contributed by atoms with Crippen molar-refractivity contribution in [2.75, 3.05) is 18.4 Å². The van der Waals surface area contributed by atoms with E-state index in [1.807, 2.05) is 6.08 Å². The van der Waals surface area contributed by atoms with E-state index < -0.39 is 39.2 Å². The molecular formula is C29H41FN4O7. The molecule has 0 unspecified atom stereocenters. The zero-order chi connectivity index (χ0) is 30.5. The fourth-order valence-electron chi connectivity index (χ4n) is 3.64. The lowest BCUT2D eigenvalue weighted by molar-refractivity contribution is -0.395. The van der Waals surface area contributed by atoms with Crippen molar-refractivity contribution in [2.45, 2.75) is 76.9 Å². The minimum atomic E-state index is -1.19. The maximum absolute atomic E-state index is 13.8. The SMILES string of the molecule is CCCCC/C=C\C[C@@H](O)/C=C/C=CC=C[C@@H](O)CCCC(=O)NCCCNc1cc(F)c([N+](=O)[O-])cc1[N+](=O)[O-]. The third-order valence-corrected chi connectivity index (χ3v) is 5.87. The third kappa shape index (κ3) is 16.1. The highest BCUT2D eigenvalue weighted by molar-refractivity contribution is 5.75. The Morgan fingerprint density at radius 1 is 0.927 bits per heavy atom. The van der Waals surface area contributed by atoms with Gasteiger partial charge in [-0.25, -0.2) is 0 Å². The van der Waals surface area contributed by atoms with E-state index in [1.54, 1.807) is 36.5 Å². The molecule has 1 rings (SSSR count). The lowest BCUT2D eigenvalue weighted by atomic mass is 10.1. The van der Waals surface area contributed by atoms with Crippen molar-refractivity contribution < 1.29 is 29.2 Å². The average Bonchev–Trinajstić information content (AvgIpc) is 2.92. The molecule has 2 atom stereocenters. The molecule has 0 aliphatic rings. The van der Waals surface area contributed by atoms with Gasteiger partial charge in [0.2, 0.25) is 11.7 Å². The monoisotopic (exact) mass is 576 g/mol. The van der Waals surface area contributed by atoms with Gasteiger partial charge in [-0.3, -0.25) is 25.0 Å². The van der Waals surface area contributed by atoms with Gasteiger partial charge in [0, 0.05) is 25.6 Å². The van der Waals surface area contributed by atoms with E-state index in [4.69, 9.17) is 0 Å². The molecule has 0 aromatic heterocycles. The second kappa shape index (κ2) is 20.9. The number of unbranched alkanes of at least 4 members (excludes halogenated alkanes) is 3. The van der Waals surface area contributed by atoms with Crippen molar-refractivity contribution >= 4 is 23.0 Å². The van der Waals surface area contributed by atoms with Crippen LogP contribution in [0.2, 0.25) is 0 Å². The van der Waals surface area contributed by atoms with Gasteiger partial charge in [-0.15, -0.1) is 0 Å². The molecule has 0 aliphatic heterocycles. The summed E-state index contributed by atoms with van der Waals surface area (Å²) in [6, 6.07) is 1.28. The number of anilines is 1. The molecule has 1 aromatic rings. The Hall–Kier alpha value is -3.90. The predicted octanol–water partition coefficient (Wildman–Crippen LogP) is 5.65.